The Labute approximate surface area is 105 Å². The second-order valence-corrected chi connectivity index (χ2v) is 5.06. The highest BCUT2D eigenvalue weighted by molar-refractivity contribution is 7.15. The van der Waals surface area contributed by atoms with Gasteiger partial charge in [0.25, 0.3) is 0 Å². The Bertz CT molecular complexity index is 350. The molecule has 0 aromatic carbocycles. The average Bonchev–Trinajstić information content (AvgIpc) is 2.77. The molecule has 0 spiro atoms. The molecule has 0 aliphatic carbocycles. The van der Waals surface area contributed by atoms with E-state index in [0.717, 1.165) is 17.8 Å². The van der Waals surface area contributed by atoms with Gasteiger partial charge < -0.3 is 10.6 Å². The van der Waals surface area contributed by atoms with E-state index in [9.17, 15) is 4.79 Å². The number of aryl methyl sites for hydroxylation is 1. The van der Waals surface area contributed by atoms with Crippen LogP contribution in [0.2, 0.25) is 0 Å². The molecule has 1 unspecified atom stereocenters. The molecular formula is C10H16ClN3OS. The molecule has 0 saturated carbocycles. The van der Waals surface area contributed by atoms with Crippen LogP contribution in [-0.4, -0.2) is 23.5 Å². The topological polar surface area (TPSA) is 54.0 Å². The van der Waals surface area contributed by atoms with E-state index in [1.807, 2.05) is 6.92 Å². The lowest BCUT2D eigenvalue weighted by atomic mass is 10.1. The molecule has 2 N–H and O–H groups in total. The van der Waals surface area contributed by atoms with E-state index in [1.165, 1.54) is 17.8 Å². The Morgan fingerprint density at radius 2 is 2.56 bits per heavy atom. The highest BCUT2D eigenvalue weighted by Crippen LogP contribution is 2.17. The van der Waals surface area contributed by atoms with E-state index in [-0.39, 0.29) is 18.3 Å². The largest absolute Gasteiger partial charge is 0.313 e. The van der Waals surface area contributed by atoms with E-state index in [1.54, 1.807) is 6.20 Å². The highest BCUT2D eigenvalue weighted by Gasteiger charge is 2.17. The van der Waals surface area contributed by atoms with Gasteiger partial charge in [-0.05, 0) is 26.3 Å². The molecule has 16 heavy (non-hydrogen) atoms. The fourth-order valence-electron chi connectivity index (χ4n) is 1.74. The molecule has 1 atom stereocenters. The summed E-state index contributed by atoms with van der Waals surface area (Å²) in [6.07, 6.45) is 4.60. The van der Waals surface area contributed by atoms with Crippen molar-refractivity contribution in [1.82, 2.24) is 10.3 Å². The lowest BCUT2D eigenvalue weighted by Gasteiger charge is -2.08. The Morgan fingerprint density at radius 3 is 3.12 bits per heavy atom. The number of carbonyl (C=O) groups excluding carboxylic acids is 1. The van der Waals surface area contributed by atoms with E-state index in [4.69, 9.17) is 0 Å². The van der Waals surface area contributed by atoms with E-state index < -0.39 is 0 Å². The van der Waals surface area contributed by atoms with Crippen LogP contribution in [0.15, 0.2) is 6.20 Å². The fraction of sp³-hybridized carbons (Fsp3) is 0.600. The summed E-state index contributed by atoms with van der Waals surface area (Å²) < 4.78 is 0. The normalized spacial score (nSPS) is 19.2. The third kappa shape index (κ3) is 3.73. The van der Waals surface area contributed by atoms with Gasteiger partial charge in [-0.15, -0.1) is 23.7 Å². The second kappa shape index (κ2) is 6.18. The van der Waals surface area contributed by atoms with Crippen LogP contribution in [0.1, 0.15) is 24.1 Å². The quantitative estimate of drug-likeness (QED) is 0.875. The molecule has 1 aliphatic rings. The van der Waals surface area contributed by atoms with Gasteiger partial charge in [0.2, 0.25) is 5.91 Å². The number of nitrogens with zero attached hydrogens (tertiary/aromatic N) is 1. The second-order valence-electron chi connectivity index (χ2n) is 3.82. The van der Waals surface area contributed by atoms with Crippen molar-refractivity contribution in [3.05, 3.63) is 11.1 Å². The lowest BCUT2D eigenvalue weighted by Crippen LogP contribution is -2.27. The van der Waals surface area contributed by atoms with Crippen LogP contribution in [0.3, 0.4) is 0 Å². The molecule has 0 radical (unpaired) electrons. The molecule has 4 nitrogen and oxygen atoms in total. The number of thiazole rings is 1. The minimum atomic E-state index is 0. The fourth-order valence-corrected chi connectivity index (χ4v) is 2.42. The smallest absolute Gasteiger partial charge is 0.227 e. The van der Waals surface area contributed by atoms with Crippen LogP contribution in [0.4, 0.5) is 5.13 Å². The predicted molar refractivity (Wildman–Crippen MR) is 68.4 cm³/mol. The van der Waals surface area contributed by atoms with Crippen molar-refractivity contribution >= 4 is 34.8 Å². The van der Waals surface area contributed by atoms with Gasteiger partial charge in [0, 0.05) is 23.5 Å². The van der Waals surface area contributed by atoms with Gasteiger partial charge in [0.05, 0.1) is 0 Å². The van der Waals surface area contributed by atoms with Crippen molar-refractivity contribution in [2.24, 2.45) is 0 Å². The van der Waals surface area contributed by atoms with Gasteiger partial charge in [-0.1, -0.05) is 0 Å². The Hall–Kier alpha value is -0.650. The summed E-state index contributed by atoms with van der Waals surface area (Å²) in [5.41, 5.74) is 0. The first-order chi connectivity index (χ1) is 7.24. The summed E-state index contributed by atoms with van der Waals surface area (Å²) in [4.78, 5) is 16.8. The first-order valence-corrected chi connectivity index (χ1v) is 6.01. The average molecular weight is 262 g/mol. The summed E-state index contributed by atoms with van der Waals surface area (Å²) in [5, 5.41) is 6.82. The summed E-state index contributed by atoms with van der Waals surface area (Å²) in [7, 11) is 0. The maximum absolute atomic E-state index is 11.6. The monoisotopic (exact) mass is 261 g/mol. The molecule has 0 bridgehead atoms. The van der Waals surface area contributed by atoms with Gasteiger partial charge in [-0.25, -0.2) is 4.98 Å². The number of hydrogen-bond donors (Lipinski definition) is 2. The number of anilines is 1. The number of aromatic nitrogens is 1. The summed E-state index contributed by atoms with van der Waals surface area (Å²) >= 11 is 1.51. The van der Waals surface area contributed by atoms with Gasteiger partial charge in [-0.2, -0.15) is 0 Å². The number of halogens is 1. The van der Waals surface area contributed by atoms with Crippen LogP contribution in [0.5, 0.6) is 0 Å². The zero-order chi connectivity index (χ0) is 10.7. The molecule has 1 saturated heterocycles. The van der Waals surface area contributed by atoms with Gasteiger partial charge in [0.1, 0.15) is 0 Å². The van der Waals surface area contributed by atoms with E-state index >= 15 is 0 Å². The van der Waals surface area contributed by atoms with Crippen molar-refractivity contribution in [3.8, 4) is 0 Å². The molecule has 1 aromatic heterocycles. The maximum Gasteiger partial charge on any atom is 0.227 e. The lowest BCUT2D eigenvalue weighted by molar-refractivity contribution is -0.116. The summed E-state index contributed by atoms with van der Waals surface area (Å²) in [6.45, 7) is 3.01. The van der Waals surface area contributed by atoms with Crippen LogP contribution < -0.4 is 10.6 Å². The molecule has 2 heterocycles. The Kier molecular flexibility index (Phi) is 5.18. The minimum absolute atomic E-state index is 0. The van der Waals surface area contributed by atoms with E-state index in [0.29, 0.717) is 17.6 Å². The molecule has 1 fully saturated rings. The van der Waals surface area contributed by atoms with Crippen LogP contribution in [0.25, 0.3) is 0 Å². The van der Waals surface area contributed by atoms with Gasteiger partial charge >= 0.3 is 0 Å². The standard InChI is InChI=1S/C10H15N3OS.ClH/c1-7-6-12-10(15-7)13-9(14)5-8-3-2-4-11-8;/h6,8,11H,2-5H2,1H3,(H,12,13,14);1H. The van der Waals surface area contributed by atoms with Crippen molar-refractivity contribution in [2.45, 2.75) is 32.2 Å². The Balaban J connectivity index is 0.00000128. The number of rotatable bonds is 3. The van der Waals surface area contributed by atoms with E-state index in [2.05, 4.69) is 15.6 Å². The van der Waals surface area contributed by atoms with Crippen LogP contribution in [0, 0.1) is 6.92 Å². The van der Waals surface area contributed by atoms with Crippen molar-refractivity contribution in [2.75, 3.05) is 11.9 Å². The van der Waals surface area contributed by atoms with Crippen molar-refractivity contribution in [1.29, 1.82) is 0 Å². The zero-order valence-electron chi connectivity index (χ0n) is 9.16. The van der Waals surface area contributed by atoms with Gasteiger partial charge in [-0.3, -0.25) is 4.79 Å². The molecule has 1 amide bonds. The zero-order valence-corrected chi connectivity index (χ0v) is 10.8. The molecule has 6 heteroatoms. The van der Waals surface area contributed by atoms with Crippen LogP contribution in [-0.2, 0) is 4.79 Å². The molecule has 90 valence electrons. The number of carbonyl (C=O) groups is 1. The molecule has 1 aromatic rings. The van der Waals surface area contributed by atoms with Gasteiger partial charge in [0.15, 0.2) is 5.13 Å². The number of nitrogens with one attached hydrogen (secondary N) is 2. The first kappa shape index (κ1) is 13.4. The highest BCUT2D eigenvalue weighted by atomic mass is 35.5. The number of hydrogen-bond acceptors (Lipinski definition) is 4. The summed E-state index contributed by atoms with van der Waals surface area (Å²) in [6, 6.07) is 0.353. The van der Waals surface area contributed by atoms with Crippen LogP contribution >= 0.6 is 23.7 Å². The van der Waals surface area contributed by atoms with Crippen molar-refractivity contribution in [3.63, 3.8) is 0 Å². The molecular weight excluding hydrogens is 246 g/mol. The third-order valence-electron chi connectivity index (χ3n) is 2.46. The number of amides is 1. The molecule has 2 rings (SSSR count). The van der Waals surface area contributed by atoms with Crippen molar-refractivity contribution < 1.29 is 4.79 Å². The maximum atomic E-state index is 11.6. The molecule has 1 aliphatic heterocycles. The third-order valence-corrected chi connectivity index (χ3v) is 3.29. The SMILES string of the molecule is Cc1cnc(NC(=O)CC2CCCN2)s1.Cl. The minimum Gasteiger partial charge on any atom is -0.313 e. The summed E-state index contributed by atoms with van der Waals surface area (Å²) in [5.74, 6) is 0.0590. The Morgan fingerprint density at radius 1 is 1.75 bits per heavy atom. The first-order valence-electron chi connectivity index (χ1n) is 5.20. The predicted octanol–water partition coefficient (Wildman–Crippen LogP) is 1.95.